The average Bonchev–Trinajstić information content (AvgIpc) is 2.69. The molecule has 1 amide bonds. The van der Waals surface area contributed by atoms with Gasteiger partial charge in [-0.15, -0.1) is 0 Å². The number of carbonyl (C=O) groups is 2. The number of hydrogen-bond donors (Lipinski definition) is 4. The zero-order valence-corrected chi connectivity index (χ0v) is 17.4. The molecule has 7 heteroatoms. The molecule has 0 saturated heterocycles. The van der Waals surface area contributed by atoms with Crippen LogP contribution in [0.4, 0.5) is 5.69 Å². The minimum absolute atomic E-state index is 0.0460. The van der Waals surface area contributed by atoms with Crippen LogP contribution in [0.1, 0.15) is 45.6 Å². The maximum atomic E-state index is 12.8. The molecule has 156 valence electrons. The number of rotatable bonds is 11. The number of nitrogens with two attached hydrogens (primary N) is 1. The molecule has 7 nitrogen and oxygen atoms in total. The Hall–Kier alpha value is -2.41. The quantitative estimate of drug-likeness (QED) is 0.263. The minimum atomic E-state index is -0.409. The highest BCUT2D eigenvalue weighted by atomic mass is 16.3. The Balaban J connectivity index is 2.75. The second-order valence-corrected chi connectivity index (χ2v) is 7.42. The Morgan fingerprint density at radius 2 is 1.82 bits per heavy atom. The molecule has 0 aliphatic heterocycles. The van der Waals surface area contributed by atoms with Crippen molar-refractivity contribution in [3.05, 3.63) is 29.8 Å². The van der Waals surface area contributed by atoms with Crippen molar-refractivity contribution in [2.24, 2.45) is 28.5 Å². The SMILES string of the molecule is CN=C(N)NCCC[C@H](CC(=O)[C@@H](C)C(C)C)C(=O)Nc1ccc(CO)cc1. The molecule has 1 aromatic rings. The summed E-state index contributed by atoms with van der Waals surface area (Å²) in [4.78, 5) is 29.2. The van der Waals surface area contributed by atoms with Gasteiger partial charge in [-0.05, 0) is 36.5 Å². The van der Waals surface area contributed by atoms with E-state index in [1.165, 1.54) is 0 Å². The Morgan fingerprint density at radius 1 is 1.18 bits per heavy atom. The van der Waals surface area contributed by atoms with E-state index in [9.17, 15) is 9.59 Å². The molecule has 0 aliphatic carbocycles. The number of guanidine groups is 1. The number of nitrogens with zero attached hydrogens (tertiary/aromatic N) is 1. The van der Waals surface area contributed by atoms with Crippen LogP contribution in [0.2, 0.25) is 0 Å². The molecule has 0 aliphatic rings. The molecular formula is C21H34N4O3. The molecule has 0 saturated carbocycles. The number of carbonyl (C=O) groups excluding carboxylic acids is 2. The van der Waals surface area contributed by atoms with Crippen LogP contribution >= 0.6 is 0 Å². The van der Waals surface area contributed by atoms with Crippen LogP contribution in [0.5, 0.6) is 0 Å². The number of anilines is 1. The number of aliphatic hydroxyl groups excluding tert-OH is 1. The van der Waals surface area contributed by atoms with Gasteiger partial charge in [0.1, 0.15) is 5.78 Å². The van der Waals surface area contributed by atoms with Crippen molar-refractivity contribution in [3.8, 4) is 0 Å². The summed E-state index contributed by atoms with van der Waals surface area (Å²) in [5.41, 5.74) is 7.04. The van der Waals surface area contributed by atoms with E-state index < -0.39 is 5.92 Å². The van der Waals surface area contributed by atoms with Crippen molar-refractivity contribution >= 4 is 23.3 Å². The number of ketones is 1. The van der Waals surface area contributed by atoms with E-state index in [2.05, 4.69) is 15.6 Å². The molecule has 1 aromatic carbocycles. The van der Waals surface area contributed by atoms with Gasteiger partial charge in [-0.25, -0.2) is 0 Å². The summed E-state index contributed by atoms with van der Waals surface area (Å²) in [6, 6.07) is 7.01. The van der Waals surface area contributed by atoms with Gasteiger partial charge in [-0.1, -0.05) is 32.9 Å². The first-order valence-corrected chi connectivity index (χ1v) is 9.78. The number of aliphatic hydroxyl groups is 1. The van der Waals surface area contributed by atoms with Crippen molar-refractivity contribution in [1.82, 2.24) is 5.32 Å². The molecule has 0 aromatic heterocycles. The van der Waals surface area contributed by atoms with E-state index in [4.69, 9.17) is 10.8 Å². The standard InChI is InChI=1S/C21H34N4O3/c1-14(2)15(3)19(27)12-17(6-5-11-24-21(22)23-4)20(28)25-18-9-7-16(13-26)8-10-18/h7-10,14-15,17,26H,5-6,11-13H2,1-4H3,(H,25,28)(H3,22,23,24)/t15-,17+/m0/s1. The number of Topliss-reactive ketones (excluding diaryl/α,β-unsaturated/α-hetero) is 1. The summed E-state index contributed by atoms with van der Waals surface area (Å²) in [5.74, 6) is 0.0402. The fourth-order valence-corrected chi connectivity index (χ4v) is 2.71. The molecule has 0 heterocycles. The van der Waals surface area contributed by atoms with E-state index >= 15 is 0 Å². The van der Waals surface area contributed by atoms with Gasteiger partial charge in [-0.2, -0.15) is 0 Å². The Morgan fingerprint density at radius 3 is 2.36 bits per heavy atom. The normalized spacial score (nSPS) is 13.9. The fourth-order valence-electron chi connectivity index (χ4n) is 2.71. The van der Waals surface area contributed by atoms with Crippen LogP contribution in [0.3, 0.4) is 0 Å². The van der Waals surface area contributed by atoms with E-state index in [0.29, 0.717) is 31.0 Å². The Bertz CT molecular complexity index is 656. The summed E-state index contributed by atoms with van der Waals surface area (Å²) in [6.07, 6.45) is 1.49. The molecule has 28 heavy (non-hydrogen) atoms. The largest absolute Gasteiger partial charge is 0.392 e. The fraction of sp³-hybridized carbons (Fsp3) is 0.571. The summed E-state index contributed by atoms with van der Waals surface area (Å²) in [6.45, 7) is 6.48. The molecule has 0 fully saturated rings. The molecular weight excluding hydrogens is 356 g/mol. The second kappa shape index (κ2) is 12.1. The number of benzene rings is 1. The summed E-state index contributed by atoms with van der Waals surface area (Å²) in [5, 5.41) is 15.0. The number of aliphatic imine (C=N–C) groups is 1. The van der Waals surface area contributed by atoms with E-state index in [1.54, 1.807) is 31.3 Å². The van der Waals surface area contributed by atoms with Gasteiger partial charge in [0.05, 0.1) is 6.61 Å². The van der Waals surface area contributed by atoms with Crippen LogP contribution in [0, 0.1) is 17.8 Å². The molecule has 2 atom stereocenters. The first kappa shape index (κ1) is 23.6. The Labute approximate surface area is 167 Å². The summed E-state index contributed by atoms with van der Waals surface area (Å²) < 4.78 is 0. The van der Waals surface area contributed by atoms with Gasteiger partial charge in [0, 0.05) is 37.5 Å². The molecule has 0 unspecified atom stereocenters. The highest BCUT2D eigenvalue weighted by molar-refractivity contribution is 5.95. The van der Waals surface area contributed by atoms with E-state index in [0.717, 1.165) is 5.56 Å². The molecule has 1 rings (SSSR count). The van der Waals surface area contributed by atoms with Crippen molar-refractivity contribution in [2.45, 2.75) is 46.6 Å². The number of amides is 1. The van der Waals surface area contributed by atoms with Crippen LogP contribution < -0.4 is 16.4 Å². The Kier molecular flexibility index (Phi) is 10.2. The third kappa shape index (κ3) is 8.08. The lowest BCUT2D eigenvalue weighted by Crippen LogP contribution is -2.33. The van der Waals surface area contributed by atoms with Crippen LogP contribution in [0.15, 0.2) is 29.3 Å². The monoisotopic (exact) mass is 390 g/mol. The van der Waals surface area contributed by atoms with Crippen molar-refractivity contribution < 1.29 is 14.7 Å². The van der Waals surface area contributed by atoms with E-state index in [1.807, 2.05) is 20.8 Å². The van der Waals surface area contributed by atoms with Crippen LogP contribution in [0.25, 0.3) is 0 Å². The van der Waals surface area contributed by atoms with Crippen LogP contribution in [-0.4, -0.2) is 36.3 Å². The van der Waals surface area contributed by atoms with Crippen molar-refractivity contribution in [2.75, 3.05) is 18.9 Å². The lowest BCUT2D eigenvalue weighted by molar-refractivity contribution is -0.129. The third-order valence-corrected chi connectivity index (χ3v) is 5.01. The zero-order chi connectivity index (χ0) is 21.1. The predicted molar refractivity (Wildman–Crippen MR) is 113 cm³/mol. The molecule has 0 spiro atoms. The lowest BCUT2D eigenvalue weighted by atomic mass is 9.86. The maximum Gasteiger partial charge on any atom is 0.227 e. The van der Waals surface area contributed by atoms with E-state index in [-0.39, 0.29) is 36.6 Å². The number of hydrogen-bond acceptors (Lipinski definition) is 4. The highest BCUT2D eigenvalue weighted by Gasteiger charge is 2.25. The topological polar surface area (TPSA) is 117 Å². The maximum absolute atomic E-state index is 12.8. The highest BCUT2D eigenvalue weighted by Crippen LogP contribution is 2.21. The van der Waals surface area contributed by atoms with Gasteiger partial charge >= 0.3 is 0 Å². The second-order valence-electron chi connectivity index (χ2n) is 7.42. The summed E-state index contributed by atoms with van der Waals surface area (Å²) >= 11 is 0. The number of nitrogens with one attached hydrogen (secondary N) is 2. The van der Waals surface area contributed by atoms with Gasteiger partial charge in [0.2, 0.25) is 5.91 Å². The van der Waals surface area contributed by atoms with Crippen LogP contribution in [-0.2, 0) is 16.2 Å². The lowest BCUT2D eigenvalue weighted by Gasteiger charge is -2.20. The predicted octanol–water partition coefficient (Wildman–Crippen LogP) is 2.30. The van der Waals surface area contributed by atoms with Crippen molar-refractivity contribution in [1.29, 1.82) is 0 Å². The summed E-state index contributed by atoms with van der Waals surface area (Å²) in [7, 11) is 1.60. The molecule has 5 N–H and O–H groups in total. The first-order chi connectivity index (χ1) is 13.3. The molecule has 0 bridgehead atoms. The van der Waals surface area contributed by atoms with Gasteiger partial charge < -0.3 is 21.5 Å². The van der Waals surface area contributed by atoms with Gasteiger partial charge in [0.15, 0.2) is 5.96 Å². The smallest absolute Gasteiger partial charge is 0.227 e. The first-order valence-electron chi connectivity index (χ1n) is 9.78. The zero-order valence-electron chi connectivity index (χ0n) is 17.4. The third-order valence-electron chi connectivity index (χ3n) is 5.01. The molecule has 0 radical (unpaired) electrons. The minimum Gasteiger partial charge on any atom is -0.392 e. The van der Waals surface area contributed by atoms with Gasteiger partial charge in [0.25, 0.3) is 0 Å². The van der Waals surface area contributed by atoms with Crippen molar-refractivity contribution in [3.63, 3.8) is 0 Å². The average molecular weight is 391 g/mol. The van der Waals surface area contributed by atoms with Gasteiger partial charge in [-0.3, -0.25) is 14.6 Å².